The van der Waals surface area contributed by atoms with Crippen LogP contribution >= 0.6 is 0 Å². The second-order valence-corrected chi connectivity index (χ2v) is 12.7. The van der Waals surface area contributed by atoms with Gasteiger partial charge in [0.1, 0.15) is 12.4 Å². The lowest BCUT2D eigenvalue weighted by atomic mass is 9.88. The molecule has 2 atom stereocenters. The smallest absolute Gasteiger partial charge is 0.335 e. The van der Waals surface area contributed by atoms with Crippen LogP contribution in [0.5, 0.6) is 5.75 Å². The van der Waals surface area contributed by atoms with E-state index in [1.54, 1.807) is 6.92 Å². The van der Waals surface area contributed by atoms with Gasteiger partial charge in [-0.15, -0.1) is 0 Å². The number of fused-ring (bicyclic) bond motifs is 2. The summed E-state index contributed by atoms with van der Waals surface area (Å²) in [5, 5.41) is 0. The molecule has 1 aliphatic carbocycles. The summed E-state index contributed by atoms with van der Waals surface area (Å²) in [5.74, 6) is 0.486. The molecule has 0 saturated heterocycles. The van der Waals surface area contributed by atoms with Crippen LogP contribution in [0.15, 0.2) is 91.0 Å². The molecule has 0 aliphatic heterocycles. The quantitative estimate of drug-likeness (QED) is 0.117. The van der Waals surface area contributed by atoms with Crippen molar-refractivity contribution in [1.29, 1.82) is 0 Å². The van der Waals surface area contributed by atoms with Gasteiger partial charge in [-0.25, -0.2) is 4.79 Å². The molecule has 2 unspecified atom stereocenters. The van der Waals surface area contributed by atoms with Crippen LogP contribution in [0.4, 0.5) is 0 Å². The molecule has 4 aromatic carbocycles. The summed E-state index contributed by atoms with van der Waals surface area (Å²) in [5.41, 5.74) is 11.1. The van der Waals surface area contributed by atoms with E-state index in [0.29, 0.717) is 19.6 Å². The molecule has 47 heavy (non-hydrogen) atoms. The SMILES string of the molecule is CCCCc1ccc2c(c1)C(N(C)CCOc1ccc(CC(OC)C(=O)OCC)cc1)c1cccc(CCc3ccccc3)c1CC2. The highest BCUT2D eigenvalue weighted by Gasteiger charge is 2.28. The van der Waals surface area contributed by atoms with Gasteiger partial charge in [-0.3, -0.25) is 4.90 Å². The number of rotatable bonds is 16. The van der Waals surface area contributed by atoms with E-state index >= 15 is 0 Å². The Balaban J connectivity index is 1.33. The van der Waals surface area contributed by atoms with Crippen molar-refractivity contribution >= 4 is 5.97 Å². The molecule has 5 nitrogen and oxygen atoms in total. The fraction of sp³-hybridized carbons (Fsp3) is 0.405. The molecule has 0 radical (unpaired) electrons. The predicted molar refractivity (Wildman–Crippen MR) is 190 cm³/mol. The topological polar surface area (TPSA) is 48.0 Å². The minimum atomic E-state index is -0.609. The molecule has 1 aliphatic rings. The number of likely N-dealkylation sites (N-methyl/N-ethyl adjacent to an activating group) is 1. The standard InChI is InChI=1S/C42H51NO4/c1-5-7-12-32-18-22-35-23-26-37-34(21-17-31-13-9-8-10-14-31)15-11-16-38(37)41(39(35)29-32)43(3)27-28-47-36-24-19-33(20-25-36)30-40(45-4)42(44)46-6-2/h8-11,13-16,18-20,22,24-25,29,40-41H,5-7,12,17,21,23,26-28,30H2,1-4H3. The van der Waals surface area contributed by atoms with Gasteiger partial charge >= 0.3 is 5.97 Å². The maximum atomic E-state index is 12.2. The number of carbonyl (C=O) groups excluding carboxylic acids is 1. The van der Waals surface area contributed by atoms with Gasteiger partial charge in [-0.05, 0) is 109 Å². The van der Waals surface area contributed by atoms with Gasteiger partial charge in [0.05, 0.1) is 12.6 Å². The van der Waals surface area contributed by atoms with Gasteiger partial charge in [0, 0.05) is 20.1 Å². The first-order chi connectivity index (χ1) is 23.0. The van der Waals surface area contributed by atoms with E-state index < -0.39 is 6.10 Å². The predicted octanol–water partition coefficient (Wildman–Crippen LogP) is 8.13. The molecule has 0 heterocycles. The van der Waals surface area contributed by atoms with Gasteiger partial charge in [-0.2, -0.15) is 0 Å². The summed E-state index contributed by atoms with van der Waals surface area (Å²) in [7, 11) is 3.78. The van der Waals surface area contributed by atoms with E-state index in [9.17, 15) is 4.79 Å². The second kappa shape index (κ2) is 17.3. The molecule has 0 N–H and O–H groups in total. The maximum Gasteiger partial charge on any atom is 0.335 e. The minimum absolute atomic E-state index is 0.167. The summed E-state index contributed by atoms with van der Waals surface area (Å²) in [6, 6.07) is 33.1. The van der Waals surface area contributed by atoms with Gasteiger partial charge in [0.15, 0.2) is 6.10 Å². The number of benzene rings is 4. The largest absolute Gasteiger partial charge is 0.492 e. The van der Waals surface area contributed by atoms with Crippen molar-refractivity contribution in [3.63, 3.8) is 0 Å². The Morgan fingerprint density at radius 1 is 0.830 bits per heavy atom. The Morgan fingerprint density at radius 3 is 2.36 bits per heavy atom. The molecular weight excluding hydrogens is 582 g/mol. The van der Waals surface area contributed by atoms with Crippen molar-refractivity contribution in [2.75, 3.05) is 33.9 Å². The number of esters is 1. The average Bonchev–Trinajstić information content (AvgIpc) is 3.26. The van der Waals surface area contributed by atoms with Crippen LogP contribution < -0.4 is 4.74 Å². The zero-order chi connectivity index (χ0) is 33.0. The lowest BCUT2D eigenvalue weighted by Gasteiger charge is -2.31. The van der Waals surface area contributed by atoms with Crippen molar-refractivity contribution in [3.8, 4) is 5.75 Å². The van der Waals surface area contributed by atoms with E-state index in [4.69, 9.17) is 14.2 Å². The molecule has 5 heteroatoms. The number of nitrogens with zero attached hydrogens (tertiary/aromatic N) is 1. The van der Waals surface area contributed by atoms with Crippen molar-refractivity contribution in [2.24, 2.45) is 0 Å². The highest BCUT2D eigenvalue weighted by Crippen LogP contribution is 2.38. The highest BCUT2D eigenvalue weighted by molar-refractivity contribution is 5.75. The molecule has 0 bridgehead atoms. The Bertz CT molecular complexity index is 1570. The number of hydrogen-bond acceptors (Lipinski definition) is 5. The molecule has 0 fully saturated rings. The van der Waals surface area contributed by atoms with Crippen LogP contribution in [0.2, 0.25) is 0 Å². The van der Waals surface area contributed by atoms with Crippen molar-refractivity contribution in [3.05, 3.63) is 136 Å². The van der Waals surface area contributed by atoms with Crippen LogP contribution in [0.3, 0.4) is 0 Å². The number of unbranched alkanes of at least 4 members (excludes halogenated alkanes) is 1. The third-order valence-electron chi connectivity index (χ3n) is 9.43. The van der Waals surface area contributed by atoms with E-state index in [1.807, 2.05) is 24.3 Å². The van der Waals surface area contributed by atoms with Gasteiger partial charge in [0.2, 0.25) is 0 Å². The minimum Gasteiger partial charge on any atom is -0.492 e. The lowest BCUT2D eigenvalue weighted by Crippen LogP contribution is -2.30. The van der Waals surface area contributed by atoms with Crippen molar-refractivity contribution in [2.45, 2.75) is 77.4 Å². The number of methoxy groups -OCH3 is 1. The average molecular weight is 634 g/mol. The Labute approximate surface area is 281 Å². The molecule has 0 amide bonds. The number of hydrogen-bond donors (Lipinski definition) is 0. The third-order valence-corrected chi connectivity index (χ3v) is 9.43. The van der Waals surface area contributed by atoms with Gasteiger partial charge < -0.3 is 14.2 Å². The summed E-state index contributed by atoms with van der Waals surface area (Å²) in [4.78, 5) is 14.6. The first-order valence-corrected chi connectivity index (χ1v) is 17.4. The molecular formula is C42H51NO4. The van der Waals surface area contributed by atoms with E-state index in [-0.39, 0.29) is 12.0 Å². The summed E-state index contributed by atoms with van der Waals surface area (Å²) >= 11 is 0. The zero-order valence-corrected chi connectivity index (χ0v) is 28.7. The number of ether oxygens (including phenoxy) is 3. The molecule has 248 valence electrons. The van der Waals surface area contributed by atoms with Gasteiger partial charge in [0.25, 0.3) is 0 Å². The van der Waals surface area contributed by atoms with Crippen molar-refractivity contribution < 1.29 is 19.0 Å². The molecule has 4 aromatic rings. The maximum absolute atomic E-state index is 12.2. The zero-order valence-electron chi connectivity index (χ0n) is 28.7. The summed E-state index contributed by atoms with van der Waals surface area (Å²) < 4.78 is 16.8. The van der Waals surface area contributed by atoms with Crippen molar-refractivity contribution in [1.82, 2.24) is 4.90 Å². The Hall–Kier alpha value is -3.93. The fourth-order valence-electron chi connectivity index (χ4n) is 6.81. The monoisotopic (exact) mass is 633 g/mol. The van der Waals surface area contributed by atoms with E-state index in [2.05, 4.69) is 85.6 Å². The highest BCUT2D eigenvalue weighted by atomic mass is 16.6. The van der Waals surface area contributed by atoms with E-state index in [1.165, 1.54) is 58.9 Å². The molecule has 0 saturated carbocycles. The van der Waals surface area contributed by atoms with Crippen LogP contribution in [0, 0.1) is 0 Å². The lowest BCUT2D eigenvalue weighted by molar-refractivity contribution is -0.154. The fourth-order valence-corrected chi connectivity index (χ4v) is 6.81. The first kappa shape index (κ1) is 34.4. The molecule has 5 rings (SSSR count). The number of aryl methyl sites for hydroxylation is 4. The Morgan fingerprint density at radius 2 is 1.62 bits per heavy atom. The van der Waals surface area contributed by atoms with Crippen LogP contribution in [0.25, 0.3) is 0 Å². The van der Waals surface area contributed by atoms with E-state index in [0.717, 1.165) is 50.0 Å². The first-order valence-electron chi connectivity index (χ1n) is 17.4. The van der Waals surface area contributed by atoms with Gasteiger partial charge in [-0.1, -0.05) is 92.2 Å². The number of carbonyl (C=O) groups is 1. The van der Waals surface area contributed by atoms with Crippen LogP contribution in [-0.4, -0.2) is 50.9 Å². The molecule has 0 spiro atoms. The van der Waals surface area contributed by atoms with Crippen LogP contribution in [0.1, 0.15) is 77.2 Å². The second-order valence-electron chi connectivity index (χ2n) is 12.7. The normalized spacial score (nSPS) is 14.6. The summed E-state index contributed by atoms with van der Waals surface area (Å²) in [6.07, 6.45) is 7.61. The third kappa shape index (κ3) is 9.12. The summed E-state index contributed by atoms with van der Waals surface area (Å²) in [6.45, 7) is 5.77. The van der Waals surface area contributed by atoms with Crippen LogP contribution in [-0.2, 0) is 52.8 Å². The Kier molecular flexibility index (Phi) is 12.7. The molecule has 0 aromatic heterocycles.